The van der Waals surface area contributed by atoms with Crippen molar-refractivity contribution in [1.82, 2.24) is 14.5 Å². The molecule has 0 aliphatic rings. The Morgan fingerprint density at radius 2 is 1.21 bits per heavy atom. The largest absolute Gasteiger partial charge is 0.455 e. The van der Waals surface area contributed by atoms with E-state index < -0.39 is 0 Å². The number of hydrogen-bond donors (Lipinski definition) is 0. The zero-order chi connectivity index (χ0) is 27.6. The average Bonchev–Trinajstić information content (AvgIpc) is 3.60. The van der Waals surface area contributed by atoms with Gasteiger partial charge in [-0.2, -0.15) is 0 Å². The van der Waals surface area contributed by atoms with Crippen molar-refractivity contribution in [2.75, 3.05) is 0 Å². The van der Waals surface area contributed by atoms with Gasteiger partial charge in [-0.25, -0.2) is 9.97 Å². The molecule has 3 aromatic heterocycles. The maximum Gasteiger partial charge on any atom is 0.160 e. The Hall–Kier alpha value is -5.74. The van der Waals surface area contributed by atoms with Crippen LogP contribution in [0, 0.1) is 0 Å². The van der Waals surface area contributed by atoms with Gasteiger partial charge in [0.05, 0.1) is 27.6 Å². The van der Waals surface area contributed by atoms with E-state index in [1.54, 1.807) is 0 Å². The Labute approximate surface area is 241 Å². The first-order valence-corrected chi connectivity index (χ1v) is 14.1. The van der Waals surface area contributed by atoms with Gasteiger partial charge >= 0.3 is 0 Å². The van der Waals surface area contributed by atoms with Crippen LogP contribution in [0.1, 0.15) is 0 Å². The van der Waals surface area contributed by atoms with E-state index in [2.05, 4.69) is 108 Å². The summed E-state index contributed by atoms with van der Waals surface area (Å²) in [5.74, 6) is 0.690. The van der Waals surface area contributed by atoms with Crippen LogP contribution in [0.25, 0.3) is 83.0 Å². The fourth-order valence-electron chi connectivity index (χ4n) is 6.30. The smallest absolute Gasteiger partial charge is 0.160 e. The van der Waals surface area contributed by atoms with Crippen LogP contribution in [0.4, 0.5) is 0 Å². The Kier molecular flexibility index (Phi) is 4.87. The molecule has 42 heavy (non-hydrogen) atoms. The third-order valence-electron chi connectivity index (χ3n) is 8.20. The molecule has 4 heteroatoms. The third-order valence-corrected chi connectivity index (χ3v) is 8.20. The lowest BCUT2D eigenvalue weighted by molar-refractivity contribution is 0.672. The minimum atomic E-state index is 0.690. The van der Waals surface area contributed by atoms with E-state index in [9.17, 15) is 0 Å². The first kappa shape index (κ1) is 23.0. The van der Waals surface area contributed by atoms with E-state index in [0.717, 1.165) is 60.9 Å². The van der Waals surface area contributed by atoms with Crippen molar-refractivity contribution in [3.05, 3.63) is 140 Å². The van der Waals surface area contributed by atoms with Crippen molar-refractivity contribution in [3.8, 4) is 28.3 Å². The molecule has 0 radical (unpaired) electrons. The van der Waals surface area contributed by atoms with Crippen LogP contribution in [0.15, 0.2) is 144 Å². The molecule has 9 aromatic rings. The number of benzene rings is 6. The molecular formula is C38H23N3O. The topological polar surface area (TPSA) is 43.9 Å². The normalized spacial score (nSPS) is 11.8. The van der Waals surface area contributed by atoms with E-state index in [1.165, 1.54) is 16.3 Å². The van der Waals surface area contributed by atoms with Crippen molar-refractivity contribution < 1.29 is 4.42 Å². The summed E-state index contributed by atoms with van der Waals surface area (Å²) in [5.41, 5.74) is 8.88. The van der Waals surface area contributed by atoms with Gasteiger partial charge in [0.2, 0.25) is 0 Å². The second kappa shape index (κ2) is 8.88. The van der Waals surface area contributed by atoms with Gasteiger partial charge in [-0.05, 0) is 54.6 Å². The highest BCUT2D eigenvalue weighted by Gasteiger charge is 2.19. The van der Waals surface area contributed by atoms with E-state index >= 15 is 0 Å². The summed E-state index contributed by atoms with van der Waals surface area (Å²) in [6.07, 6.45) is 0. The Morgan fingerprint density at radius 3 is 2.07 bits per heavy atom. The molecule has 4 nitrogen and oxygen atoms in total. The first-order chi connectivity index (χ1) is 20.8. The lowest BCUT2D eigenvalue weighted by atomic mass is 10.0. The third kappa shape index (κ3) is 3.36. The number of fused-ring (bicyclic) bond motifs is 8. The summed E-state index contributed by atoms with van der Waals surface area (Å²) < 4.78 is 8.76. The molecule has 0 aliphatic carbocycles. The van der Waals surface area contributed by atoms with Crippen LogP contribution >= 0.6 is 0 Å². The standard InChI is InChI=1S/C38H23N3O/c1-3-11-24(12-4-1)36-35-31(21-20-29-28-16-8-10-18-34(28)42-37(29)35)39-38(40-36)25-19-22-33-30(23-25)27-15-7-9-17-32(27)41(33)26-13-5-2-6-14-26/h1-23H. The fraction of sp³-hybridized carbons (Fsp3) is 0. The summed E-state index contributed by atoms with van der Waals surface area (Å²) >= 11 is 0. The molecule has 0 spiro atoms. The maximum absolute atomic E-state index is 6.44. The second-order valence-corrected chi connectivity index (χ2v) is 10.6. The number of rotatable bonds is 3. The summed E-state index contributed by atoms with van der Waals surface area (Å²) in [6.45, 7) is 0. The SMILES string of the molecule is c1ccc(-c2nc(-c3ccc4c(c3)c3ccccc3n4-c3ccccc3)nc3ccc4c5ccccc5oc4c23)cc1. The zero-order valence-electron chi connectivity index (χ0n) is 22.5. The monoisotopic (exact) mass is 537 g/mol. The Balaban J connectivity index is 1.33. The van der Waals surface area contributed by atoms with Gasteiger partial charge in [0.25, 0.3) is 0 Å². The highest BCUT2D eigenvalue weighted by Crippen LogP contribution is 2.39. The summed E-state index contributed by atoms with van der Waals surface area (Å²) in [4.78, 5) is 10.4. The van der Waals surface area contributed by atoms with Crippen LogP contribution in [0.5, 0.6) is 0 Å². The molecule has 0 fully saturated rings. The van der Waals surface area contributed by atoms with Crippen molar-refractivity contribution in [2.24, 2.45) is 0 Å². The lowest BCUT2D eigenvalue weighted by Crippen LogP contribution is -1.96. The van der Waals surface area contributed by atoms with Gasteiger partial charge in [-0.3, -0.25) is 0 Å². The molecule has 3 heterocycles. The molecule has 196 valence electrons. The van der Waals surface area contributed by atoms with Crippen molar-refractivity contribution in [1.29, 1.82) is 0 Å². The van der Waals surface area contributed by atoms with Gasteiger partial charge in [0.1, 0.15) is 11.2 Å². The first-order valence-electron chi connectivity index (χ1n) is 14.1. The summed E-state index contributed by atoms with van der Waals surface area (Å²) in [5, 5.41) is 5.47. The van der Waals surface area contributed by atoms with Gasteiger partial charge in [-0.15, -0.1) is 0 Å². The van der Waals surface area contributed by atoms with Gasteiger partial charge in [0.15, 0.2) is 5.82 Å². The molecule has 6 aromatic carbocycles. The van der Waals surface area contributed by atoms with Crippen LogP contribution in [0.2, 0.25) is 0 Å². The zero-order valence-corrected chi connectivity index (χ0v) is 22.5. The minimum absolute atomic E-state index is 0.690. The fourth-order valence-corrected chi connectivity index (χ4v) is 6.30. The van der Waals surface area contributed by atoms with Crippen LogP contribution < -0.4 is 0 Å². The molecule has 0 saturated carbocycles. The van der Waals surface area contributed by atoms with Crippen LogP contribution in [-0.2, 0) is 0 Å². The minimum Gasteiger partial charge on any atom is -0.455 e. The van der Waals surface area contributed by atoms with Crippen molar-refractivity contribution in [2.45, 2.75) is 0 Å². The van der Waals surface area contributed by atoms with Gasteiger partial charge in [-0.1, -0.05) is 84.9 Å². The molecule has 0 unspecified atom stereocenters. The Bertz CT molecular complexity index is 2460. The number of hydrogen-bond acceptors (Lipinski definition) is 3. The highest BCUT2D eigenvalue weighted by molar-refractivity contribution is 6.18. The predicted molar refractivity (Wildman–Crippen MR) is 172 cm³/mol. The Morgan fingerprint density at radius 1 is 0.500 bits per heavy atom. The van der Waals surface area contributed by atoms with E-state index in [1.807, 2.05) is 36.4 Å². The number of aromatic nitrogens is 3. The molecule has 0 N–H and O–H groups in total. The van der Waals surface area contributed by atoms with Crippen molar-refractivity contribution in [3.63, 3.8) is 0 Å². The molecular weight excluding hydrogens is 514 g/mol. The van der Waals surface area contributed by atoms with Crippen molar-refractivity contribution >= 4 is 54.6 Å². The van der Waals surface area contributed by atoms with E-state index in [4.69, 9.17) is 14.4 Å². The lowest BCUT2D eigenvalue weighted by Gasteiger charge is -2.11. The predicted octanol–water partition coefficient (Wildman–Crippen LogP) is 9.96. The average molecular weight is 538 g/mol. The second-order valence-electron chi connectivity index (χ2n) is 10.6. The van der Waals surface area contributed by atoms with Crippen LogP contribution in [0.3, 0.4) is 0 Å². The number of nitrogens with zero attached hydrogens (tertiary/aromatic N) is 3. The molecule has 0 atom stereocenters. The van der Waals surface area contributed by atoms with Crippen LogP contribution in [-0.4, -0.2) is 14.5 Å². The summed E-state index contributed by atoms with van der Waals surface area (Å²) in [7, 11) is 0. The number of furan rings is 1. The van der Waals surface area contributed by atoms with E-state index in [0.29, 0.717) is 5.82 Å². The molecule has 0 saturated heterocycles. The summed E-state index contributed by atoms with van der Waals surface area (Å²) in [6, 6.07) is 48.3. The molecule has 0 aliphatic heterocycles. The quantitative estimate of drug-likeness (QED) is 0.225. The molecule has 0 bridgehead atoms. The highest BCUT2D eigenvalue weighted by atomic mass is 16.3. The van der Waals surface area contributed by atoms with Gasteiger partial charge < -0.3 is 8.98 Å². The van der Waals surface area contributed by atoms with E-state index in [-0.39, 0.29) is 0 Å². The molecule has 9 rings (SSSR count). The number of para-hydroxylation sites is 3. The van der Waals surface area contributed by atoms with Gasteiger partial charge in [0, 0.05) is 38.4 Å². The molecule has 0 amide bonds. The maximum atomic E-state index is 6.44.